The number of ether oxygens (including phenoxy) is 1. The van der Waals surface area contributed by atoms with Gasteiger partial charge in [-0.3, -0.25) is 5.32 Å². The molecule has 0 heterocycles. The maximum Gasteiger partial charge on any atom is 0.573 e. The Labute approximate surface area is 168 Å². The van der Waals surface area contributed by atoms with E-state index in [1.165, 1.54) is 35.6 Å². The third-order valence-electron chi connectivity index (χ3n) is 3.95. The first-order chi connectivity index (χ1) is 14.1. The van der Waals surface area contributed by atoms with Gasteiger partial charge in [0.1, 0.15) is 5.75 Å². The van der Waals surface area contributed by atoms with Crippen molar-refractivity contribution in [2.75, 3.05) is 5.32 Å². The van der Waals surface area contributed by atoms with E-state index in [9.17, 15) is 26.3 Å². The average Bonchev–Trinajstić information content (AvgIpc) is 2.65. The van der Waals surface area contributed by atoms with Crippen LogP contribution in [0.5, 0.6) is 5.75 Å². The zero-order chi connectivity index (χ0) is 21.8. The summed E-state index contributed by atoms with van der Waals surface area (Å²) in [6.07, 6.45) is -7.81. The predicted molar refractivity (Wildman–Crippen MR) is 103 cm³/mol. The molecule has 0 fully saturated rings. The summed E-state index contributed by atoms with van der Waals surface area (Å²) in [4.78, 5) is 0. The third-order valence-corrected chi connectivity index (χ3v) is 3.95. The van der Waals surface area contributed by atoms with Gasteiger partial charge in [-0.25, -0.2) is 0 Å². The highest BCUT2D eigenvalue weighted by atomic mass is 19.4. The number of rotatable bonds is 5. The van der Waals surface area contributed by atoms with Crippen molar-refractivity contribution in [2.24, 2.45) is 0 Å². The van der Waals surface area contributed by atoms with Crippen molar-refractivity contribution in [1.29, 1.82) is 0 Å². The molecule has 8 heteroatoms. The molecule has 0 aliphatic rings. The van der Waals surface area contributed by atoms with Gasteiger partial charge in [-0.05, 0) is 52.6 Å². The summed E-state index contributed by atoms with van der Waals surface area (Å²) in [7, 11) is 0. The number of benzene rings is 3. The zero-order valence-electron chi connectivity index (χ0n) is 15.3. The van der Waals surface area contributed by atoms with E-state index in [1.54, 1.807) is 48.5 Å². The van der Waals surface area contributed by atoms with Crippen LogP contribution < -0.4 is 10.1 Å². The summed E-state index contributed by atoms with van der Waals surface area (Å²) >= 11 is 0. The molecule has 0 aromatic heterocycles. The molecule has 0 radical (unpaired) electrons. The lowest BCUT2D eigenvalue weighted by Gasteiger charge is -2.15. The smallest absolute Gasteiger partial charge is 0.406 e. The molecular formula is C22H15F6NO. The Balaban J connectivity index is 2.08. The van der Waals surface area contributed by atoms with Crippen LogP contribution >= 0.6 is 0 Å². The van der Waals surface area contributed by atoms with Gasteiger partial charge in [-0.2, -0.15) is 13.2 Å². The molecule has 0 saturated carbocycles. The Hall–Kier alpha value is -3.42. The molecular weight excluding hydrogens is 408 g/mol. The van der Waals surface area contributed by atoms with E-state index >= 15 is 0 Å². The Morgan fingerprint density at radius 3 is 2.00 bits per heavy atom. The minimum Gasteiger partial charge on any atom is -0.406 e. The SMILES string of the molecule is FC(F)(F)Nc1cccc(/C(=C\c2ccccc2)c2cccc(OC(F)(F)F)c2)c1. The van der Waals surface area contributed by atoms with Crippen molar-refractivity contribution in [3.8, 4) is 5.75 Å². The van der Waals surface area contributed by atoms with Gasteiger partial charge in [0.25, 0.3) is 0 Å². The first-order valence-electron chi connectivity index (χ1n) is 8.67. The van der Waals surface area contributed by atoms with Crippen LogP contribution in [-0.2, 0) is 0 Å². The van der Waals surface area contributed by atoms with Gasteiger partial charge in [0, 0.05) is 5.69 Å². The topological polar surface area (TPSA) is 21.3 Å². The molecule has 0 aliphatic heterocycles. The standard InChI is InChI=1S/C22H15F6NO/c23-21(24,25)29-18-10-4-8-16(13-18)20(12-15-6-2-1-3-7-15)17-9-5-11-19(14-17)30-22(26,27)28/h1-14,29H/b20-12+. The van der Waals surface area contributed by atoms with Crippen molar-refractivity contribution in [3.63, 3.8) is 0 Å². The van der Waals surface area contributed by atoms with Gasteiger partial charge < -0.3 is 4.74 Å². The highest BCUT2D eigenvalue weighted by molar-refractivity contribution is 5.92. The second kappa shape index (κ2) is 8.52. The quantitative estimate of drug-likeness (QED) is 0.268. The Morgan fingerprint density at radius 1 is 0.733 bits per heavy atom. The molecule has 0 unspecified atom stereocenters. The van der Waals surface area contributed by atoms with Gasteiger partial charge in [0.2, 0.25) is 0 Å². The monoisotopic (exact) mass is 423 g/mol. The Bertz CT molecular complexity index is 964. The lowest BCUT2D eigenvalue weighted by atomic mass is 9.95. The first kappa shape index (κ1) is 21.3. The highest BCUT2D eigenvalue weighted by Crippen LogP contribution is 2.32. The van der Waals surface area contributed by atoms with Crippen molar-refractivity contribution in [2.45, 2.75) is 12.7 Å². The third kappa shape index (κ3) is 6.30. The van der Waals surface area contributed by atoms with E-state index in [-0.39, 0.29) is 5.69 Å². The number of hydrogen-bond donors (Lipinski definition) is 1. The minimum absolute atomic E-state index is 0.193. The summed E-state index contributed by atoms with van der Waals surface area (Å²) in [5, 5.41) is 1.43. The summed E-state index contributed by atoms with van der Waals surface area (Å²) in [6, 6.07) is 19.7. The Morgan fingerprint density at radius 2 is 1.37 bits per heavy atom. The number of halogens is 6. The zero-order valence-corrected chi connectivity index (χ0v) is 15.3. The fourth-order valence-electron chi connectivity index (χ4n) is 2.84. The van der Waals surface area contributed by atoms with Crippen LogP contribution in [0, 0.1) is 0 Å². The number of alkyl halides is 6. The second-order valence-electron chi connectivity index (χ2n) is 6.25. The molecule has 0 saturated heterocycles. The van der Waals surface area contributed by atoms with Gasteiger partial charge >= 0.3 is 12.7 Å². The first-order valence-corrected chi connectivity index (χ1v) is 8.67. The number of anilines is 1. The lowest BCUT2D eigenvalue weighted by Crippen LogP contribution is -2.20. The number of hydrogen-bond acceptors (Lipinski definition) is 2. The van der Waals surface area contributed by atoms with E-state index in [2.05, 4.69) is 4.74 Å². The van der Waals surface area contributed by atoms with Crippen LogP contribution in [0.15, 0.2) is 78.9 Å². The molecule has 3 aromatic rings. The van der Waals surface area contributed by atoms with E-state index in [0.717, 1.165) is 11.6 Å². The maximum absolute atomic E-state index is 12.7. The van der Waals surface area contributed by atoms with Gasteiger partial charge in [-0.1, -0.05) is 54.6 Å². The molecule has 30 heavy (non-hydrogen) atoms. The van der Waals surface area contributed by atoms with Crippen LogP contribution in [-0.4, -0.2) is 12.7 Å². The highest BCUT2D eigenvalue weighted by Gasteiger charge is 2.31. The fraction of sp³-hybridized carbons (Fsp3) is 0.0909. The molecule has 0 atom stereocenters. The fourth-order valence-corrected chi connectivity index (χ4v) is 2.84. The maximum atomic E-state index is 12.7. The second-order valence-corrected chi connectivity index (χ2v) is 6.25. The van der Waals surface area contributed by atoms with Gasteiger partial charge in [0.05, 0.1) is 0 Å². The van der Waals surface area contributed by atoms with E-state index in [0.29, 0.717) is 16.7 Å². The average molecular weight is 423 g/mol. The van der Waals surface area contributed by atoms with Gasteiger partial charge in [-0.15, -0.1) is 13.2 Å². The molecule has 3 aromatic carbocycles. The molecule has 0 aliphatic carbocycles. The molecule has 3 rings (SSSR count). The van der Waals surface area contributed by atoms with Crippen molar-refractivity contribution >= 4 is 17.3 Å². The molecule has 1 N–H and O–H groups in total. The molecule has 2 nitrogen and oxygen atoms in total. The molecule has 0 bridgehead atoms. The molecule has 0 spiro atoms. The largest absolute Gasteiger partial charge is 0.573 e. The van der Waals surface area contributed by atoms with Crippen molar-refractivity contribution in [1.82, 2.24) is 0 Å². The van der Waals surface area contributed by atoms with Gasteiger partial charge in [0.15, 0.2) is 0 Å². The molecule has 156 valence electrons. The van der Waals surface area contributed by atoms with E-state index < -0.39 is 18.4 Å². The van der Waals surface area contributed by atoms with E-state index in [4.69, 9.17) is 0 Å². The van der Waals surface area contributed by atoms with Crippen LogP contribution in [0.4, 0.5) is 32.0 Å². The van der Waals surface area contributed by atoms with Crippen LogP contribution in [0.2, 0.25) is 0 Å². The van der Waals surface area contributed by atoms with E-state index in [1.807, 2.05) is 0 Å². The number of nitrogens with one attached hydrogen (secondary N) is 1. The summed E-state index contributed by atoms with van der Waals surface area (Å²) in [5.41, 5.74) is 1.70. The van der Waals surface area contributed by atoms with Crippen LogP contribution in [0.3, 0.4) is 0 Å². The Kier molecular flexibility index (Phi) is 6.05. The van der Waals surface area contributed by atoms with Crippen molar-refractivity contribution < 1.29 is 31.1 Å². The molecule has 0 amide bonds. The predicted octanol–water partition coefficient (Wildman–Crippen LogP) is 7.11. The summed E-state index contributed by atoms with van der Waals surface area (Å²) in [6.45, 7) is 0. The normalized spacial score (nSPS) is 12.5. The lowest BCUT2D eigenvalue weighted by molar-refractivity contribution is -0.274. The summed E-state index contributed by atoms with van der Waals surface area (Å²) in [5.74, 6) is -0.427. The van der Waals surface area contributed by atoms with Crippen LogP contribution in [0.25, 0.3) is 11.6 Å². The summed E-state index contributed by atoms with van der Waals surface area (Å²) < 4.78 is 79.9. The van der Waals surface area contributed by atoms with Crippen LogP contribution in [0.1, 0.15) is 16.7 Å². The van der Waals surface area contributed by atoms with Crippen molar-refractivity contribution in [3.05, 3.63) is 95.6 Å². The minimum atomic E-state index is -4.86.